The number of esters is 1. The molecule has 0 radical (unpaired) electrons. The molecule has 1 aliphatic rings. The molecule has 5 heteroatoms. The topological polar surface area (TPSA) is 44.8 Å². The Balaban J connectivity index is 1.92. The molecule has 0 fully saturated rings. The first kappa shape index (κ1) is 19.9. The van der Waals surface area contributed by atoms with Gasteiger partial charge in [0.15, 0.2) is 6.10 Å². The van der Waals surface area contributed by atoms with Crippen molar-refractivity contribution in [3.05, 3.63) is 52.9 Å². The van der Waals surface area contributed by atoms with Crippen LogP contribution < -0.4 is 4.74 Å². The molecule has 0 aliphatic carbocycles. The van der Waals surface area contributed by atoms with Crippen molar-refractivity contribution in [2.75, 3.05) is 13.7 Å². The molecule has 1 atom stereocenters. The Bertz CT molecular complexity index is 1040. The first-order valence-electron chi connectivity index (χ1n) is 9.90. The minimum absolute atomic E-state index is 0.381. The van der Waals surface area contributed by atoms with E-state index >= 15 is 0 Å². The van der Waals surface area contributed by atoms with Crippen LogP contribution in [0, 0.1) is 0 Å². The van der Waals surface area contributed by atoms with Crippen molar-refractivity contribution in [3.63, 3.8) is 0 Å². The third-order valence-corrected chi connectivity index (χ3v) is 6.16. The second kappa shape index (κ2) is 7.81. The first-order chi connectivity index (χ1) is 13.9. The van der Waals surface area contributed by atoms with E-state index < -0.39 is 11.7 Å². The van der Waals surface area contributed by atoms with Gasteiger partial charge in [0.05, 0.1) is 24.2 Å². The standard InChI is InChI=1S/C24H26O4S/c1-24(2,3)28-21(23(25)26-4)22-20(17-9-5-6-10-19(17)29-22)16-11-12-18-15(14-16)8-7-13-27-18/h5-6,9-12,14,21H,7-8,13H2,1-4H3. The summed E-state index contributed by atoms with van der Waals surface area (Å²) < 4.78 is 18.2. The molecule has 0 spiro atoms. The van der Waals surface area contributed by atoms with Crippen LogP contribution in [0.5, 0.6) is 5.75 Å². The Morgan fingerprint density at radius 2 is 1.97 bits per heavy atom. The summed E-state index contributed by atoms with van der Waals surface area (Å²) >= 11 is 1.59. The molecule has 3 aromatic rings. The second-order valence-electron chi connectivity index (χ2n) is 8.25. The number of carbonyl (C=O) groups excluding carboxylic acids is 1. The Kier molecular flexibility index (Phi) is 5.36. The smallest absolute Gasteiger partial charge is 0.340 e. The molecule has 4 nitrogen and oxygen atoms in total. The fourth-order valence-electron chi connectivity index (χ4n) is 3.73. The molecule has 0 amide bonds. The van der Waals surface area contributed by atoms with E-state index in [1.807, 2.05) is 39.0 Å². The van der Waals surface area contributed by atoms with Crippen molar-refractivity contribution in [1.82, 2.24) is 0 Å². The van der Waals surface area contributed by atoms with Crippen LogP contribution in [-0.4, -0.2) is 25.3 Å². The van der Waals surface area contributed by atoms with Gasteiger partial charge in [-0.15, -0.1) is 11.3 Å². The predicted octanol–water partition coefficient (Wildman–Crippen LogP) is 5.92. The lowest BCUT2D eigenvalue weighted by molar-refractivity contribution is -0.163. The highest BCUT2D eigenvalue weighted by atomic mass is 32.1. The van der Waals surface area contributed by atoms with Gasteiger partial charge < -0.3 is 14.2 Å². The van der Waals surface area contributed by atoms with Gasteiger partial charge in [-0.25, -0.2) is 4.79 Å². The van der Waals surface area contributed by atoms with E-state index in [1.54, 1.807) is 11.3 Å². The third-order valence-electron chi connectivity index (χ3n) is 4.94. The van der Waals surface area contributed by atoms with Crippen LogP contribution in [0.3, 0.4) is 0 Å². The maximum Gasteiger partial charge on any atom is 0.340 e. The van der Waals surface area contributed by atoms with Crippen LogP contribution in [0.25, 0.3) is 21.2 Å². The van der Waals surface area contributed by atoms with Gasteiger partial charge in [0.1, 0.15) is 5.75 Å². The average Bonchev–Trinajstić information content (AvgIpc) is 3.09. The van der Waals surface area contributed by atoms with E-state index in [9.17, 15) is 4.79 Å². The number of methoxy groups -OCH3 is 1. The van der Waals surface area contributed by atoms with Gasteiger partial charge in [0, 0.05) is 15.6 Å². The summed E-state index contributed by atoms with van der Waals surface area (Å²) in [5.41, 5.74) is 2.84. The van der Waals surface area contributed by atoms with Gasteiger partial charge >= 0.3 is 5.97 Å². The zero-order chi connectivity index (χ0) is 20.6. The summed E-state index contributed by atoms with van der Waals surface area (Å²) in [6.45, 7) is 6.62. The van der Waals surface area contributed by atoms with Crippen molar-refractivity contribution in [2.24, 2.45) is 0 Å². The Labute approximate surface area is 175 Å². The first-order valence-corrected chi connectivity index (χ1v) is 10.7. The number of hydrogen-bond donors (Lipinski definition) is 0. The number of fused-ring (bicyclic) bond motifs is 2. The molecule has 1 aliphatic heterocycles. The molecule has 0 saturated heterocycles. The van der Waals surface area contributed by atoms with Crippen molar-refractivity contribution in [1.29, 1.82) is 0 Å². The lowest BCUT2D eigenvalue weighted by Gasteiger charge is -2.26. The van der Waals surface area contributed by atoms with Crippen LogP contribution in [0.4, 0.5) is 0 Å². The molecule has 29 heavy (non-hydrogen) atoms. The number of hydrogen-bond acceptors (Lipinski definition) is 5. The van der Waals surface area contributed by atoms with E-state index in [2.05, 4.69) is 24.3 Å². The quantitative estimate of drug-likeness (QED) is 0.501. The Hall–Kier alpha value is -2.37. The van der Waals surface area contributed by atoms with Crippen molar-refractivity contribution in [3.8, 4) is 16.9 Å². The molecule has 2 heterocycles. The van der Waals surface area contributed by atoms with Crippen molar-refractivity contribution >= 4 is 27.4 Å². The highest BCUT2D eigenvalue weighted by Gasteiger charge is 2.33. The van der Waals surface area contributed by atoms with E-state index in [1.165, 1.54) is 12.7 Å². The maximum atomic E-state index is 12.7. The molecule has 0 saturated carbocycles. The summed E-state index contributed by atoms with van der Waals surface area (Å²) in [5, 5.41) is 1.12. The molecule has 152 valence electrons. The van der Waals surface area contributed by atoms with Crippen molar-refractivity contribution < 1.29 is 19.0 Å². The van der Waals surface area contributed by atoms with Crippen LogP contribution in [-0.2, 0) is 20.7 Å². The summed E-state index contributed by atoms with van der Waals surface area (Å²) in [6.07, 6.45) is 1.24. The normalized spacial score (nSPS) is 14.9. The van der Waals surface area contributed by atoms with Crippen LogP contribution in [0.1, 0.15) is 43.7 Å². The molecular formula is C24H26O4S. The molecule has 2 aromatic carbocycles. The summed E-state index contributed by atoms with van der Waals surface area (Å²) in [4.78, 5) is 13.6. The van der Waals surface area contributed by atoms with Gasteiger partial charge in [-0.05, 0) is 62.9 Å². The monoisotopic (exact) mass is 410 g/mol. The van der Waals surface area contributed by atoms with Gasteiger partial charge in [-0.3, -0.25) is 0 Å². The lowest BCUT2D eigenvalue weighted by atomic mass is 9.95. The Morgan fingerprint density at radius 3 is 2.72 bits per heavy atom. The third kappa shape index (κ3) is 4.02. The summed E-state index contributed by atoms with van der Waals surface area (Å²) in [7, 11) is 1.41. The van der Waals surface area contributed by atoms with Gasteiger partial charge in [0.25, 0.3) is 0 Å². The fourth-order valence-corrected chi connectivity index (χ4v) is 4.98. The summed E-state index contributed by atoms with van der Waals surface area (Å²) in [6, 6.07) is 14.5. The molecule has 1 unspecified atom stereocenters. The molecule has 0 N–H and O–H groups in total. The highest BCUT2D eigenvalue weighted by Crippen LogP contribution is 2.45. The van der Waals surface area contributed by atoms with Gasteiger partial charge in [-0.2, -0.15) is 0 Å². The largest absolute Gasteiger partial charge is 0.493 e. The average molecular weight is 411 g/mol. The number of thiophene rings is 1. The minimum Gasteiger partial charge on any atom is -0.493 e. The maximum absolute atomic E-state index is 12.7. The number of carbonyl (C=O) groups is 1. The van der Waals surface area contributed by atoms with Crippen LogP contribution in [0.2, 0.25) is 0 Å². The number of aryl methyl sites for hydroxylation is 1. The van der Waals surface area contributed by atoms with Crippen LogP contribution in [0.15, 0.2) is 42.5 Å². The molecular weight excluding hydrogens is 384 g/mol. The zero-order valence-corrected chi connectivity index (χ0v) is 18.1. The fraction of sp³-hybridized carbons (Fsp3) is 0.375. The molecule has 4 rings (SSSR count). The molecule has 0 bridgehead atoms. The van der Waals surface area contributed by atoms with Crippen molar-refractivity contribution in [2.45, 2.75) is 45.3 Å². The van der Waals surface area contributed by atoms with Crippen LogP contribution >= 0.6 is 11.3 Å². The number of benzene rings is 2. The van der Waals surface area contributed by atoms with Gasteiger partial charge in [-0.1, -0.05) is 24.3 Å². The SMILES string of the molecule is COC(=O)C(OC(C)(C)C)c1sc2ccccc2c1-c1ccc2c(c1)CCCO2. The van der Waals surface area contributed by atoms with Gasteiger partial charge in [0.2, 0.25) is 0 Å². The summed E-state index contributed by atoms with van der Waals surface area (Å²) in [5.74, 6) is 0.575. The van der Waals surface area contributed by atoms with E-state index in [0.717, 1.165) is 51.3 Å². The second-order valence-corrected chi connectivity index (χ2v) is 9.33. The highest BCUT2D eigenvalue weighted by molar-refractivity contribution is 7.19. The molecule has 1 aromatic heterocycles. The van der Waals surface area contributed by atoms with E-state index in [4.69, 9.17) is 14.2 Å². The lowest BCUT2D eigenvalue weighted by Crippen LogP contribution is -2.28. The number of ether oxygens (including phenoxy) is 3. The van der Waals surface area contributed by atoms with E-state index in [-0.39, 0.29) is 5.97 Å². The zero-order valence-electron chi connectivity index (χ0n) is 17.3. The predicted molar refractivity (Wildman–Crippen MR) is 117 cm³/mol. The Morgan fingerprint density at radius 1 is 1.17 bits per heavy atom. The van der Waals surface area contributed by atoms with E-state index in [0.29, 0.717) is 0 Å². The number of rotatable bonds is 4. The minimum atomic E-state index is -0.778.